The number of rotatable bonds is 4. The molecular weight excluding hydrogens is 214 g/mol. The first-order valence-electron chi connectivity index (χ1n) is 7.14. The average molecular weight is 241 g/mol. The Balaban J connectivity index is 1.88. The van der Waals surface area contributed by atoms with Gasteiger partial charge < -0.3 is 14.7 Å². The number of piperidine rings is 1. The van der Waals surface area contributed by atoms with Crippen molar-refractivity contribution in [2.75, 3.05) is 33.4 Å². The summed E-state index contributed by atoms with van der Waals surface area (Å²) in [5.74, 6) is 0. The van der Waals surface area contributed by atoms with Crippen molar-refractivity contribution in [1.29, 1.82) is 0 Å². The minimum absolute atomic E-state index is 0.188. The number of hydrogen-bond donors (Lipinski definition) is 1. The van der Waals surface area contributed by atoms with E-state index >= 15 is 0 Å². The van der Waals surface area contributed by atoms with Gasteiger partial charge in [-0.2, -0.15) is 0 Å². The van der Waals surface area contributed by atoms with Crippen molar-refractivity contribution in [3.05, 3.63) is 0 Å². The van der Waals surface area contributed by atoms with E-state index in [4.69, 9.17) is 4.74 Å². The van der Waals surface area contributed by atoms with Crippen LogP contribution in [0.4, 0.5) is 0 Å². The highest BCUT2D eigenvalue weighted by atomic mass is 16.5. The van der Waals surface area contributed by atoms with Gasteiger partial charge in [0.25, 0.3) is 0 Å². The summed E-state index contributed by atoms with van der Waals surface area (Å²) in [6.45, 7) is 3.67. The van der Waals surface area contributed by atoms with Gasteiger partial charge in [-0.15, -0.1) is 0 Å². The Morgan fingerprint density at radius 3 is 2.65 bits per heavy atom. The molecule has 0 amide bonds. The lowest BCUT2D eigenvalue weighted by Gasteiger charge is -2.42. The fourth-order valence-corrected chi connectivity index (χ4v) is 3.49. The molecule has 0 radical (unpaired) electrons. The number of nitrogens with zero attached hydrogens (tertiary/aromatic N) is 1. The molecule has 1 saturated heterocycles. The fraction of sp³-hybridized carbons (Fsp3) is 1.00. The van der Waals surface area contributed by atoms with Crippen LogP contribution in [0.3, 0.4) is 0 Å². The minimum atomic E-state index is 0.188. The van der Waals surface area contributed by atoms with Gasteiger partial charge in [-0.1, -0.05) is 19.3 Å². The van der Waals surface area contributed by atoms with Crippen LogP contribution in [0.2, 0.25) is 0 Å². The highest BCUT2D eigenvalue weighted by molar-refractivity contribution is 4.87. The van der Waals surface area contributed by atoms with E-state index in [1.807, 2.05) is 7.11 Å². The zero-order valence-corrected chi connectivity index (χ0v) is 11.2. The maximum absolute atomic E-state index is 9.74. The third-order valence-corrected chi connectivity index (χ3v) is 4.60. The largest absolute Gasteiger partial charge is 0.396 e. The van der Waals surface area contributed by atoms with E-state index in [0.717, 1.165) is 13.1 Å². The average Bonchev–Trinajstić information content (AvgIpc) is 2.40. The Bertz CT molecular complexity index is 226. The maximum atomic E-state index is 9.74. The zero-order valence-electron chi connectivity index (χ0n) is 11.2. The van der Waals surface area contributed by atoms with Crippen molar-refractivity contribution in [1.82, 2.24) is 4.90 Å². The first-order valence-corrected chi connectivity index (χ1v) is 7.14. The Morgan fingerprint density at radius 1 is 1.24 bits per heavy atom. The monoisotopic (exact) mass is 241 g/mol. The van der Waals surface area contributed by atoms with Gasteiger partial charge in [0.15, 0.2) is 0 Å². The summed E-state index contributed by atoms with van der Waals surface area (Å²) < 4.78 is 5.47. The lowest BCUT2D eigenvalue weighted by molar-refractivity contribution is -0.0101. The summed E-state index contributed by atoms with van der Waals surface area (Å²) in [7, 11) is 1.82. The number of likely N-dealkylation sites (tertiary alicyclic amines) is 1. The summed E-state index contributed by atoms with van der Waals surface area (Å²) in [6, 6.07) is 0. The molecular formula is C14H27NO2. The summed E-state index contributed by atoms with van der Waals surface area (Å²) in [5, 5.41) is 9.74. The number of ether oxygens (including phenoxy) is 1. The van der Waals surface area contributed by atoms with Crippen LogP contribution in [-0.4, -0.2) is 49.5 Å². The maximum Gasteiger partial charge on any atom is 0.0698 e. The molecule has 0 spiro atoms. The number of aliphatic hydroxyl groups excluding tert-OH is 1. The number of hydrogen-bond acceptors (Lipinski definition) is 3. The van der Waals surface area contributed by atoms with Crippen LogP contribution >= 0.6 is 0 Å². The Morgan fingerprint density at radius 2 is 2.00 bits per heavy atom. The van der Waals surface area contributed by atoms with E-state index in [1.54, 1.807) is 0 Å². The fourth-order valence-electron chi connectivity index (χ4n) is 3.49. The van der Waals surface area contributed by atoms with Gasteiger partial charge in [0.05, 0.1) is 6.10 Å². The van der Waals surface area contributed by atoms with Crippen LogP contribution < -0.4 is 0 Å². The van der Waals surface area contributed by atoms with Crippen molar-refractivity contribution in [2.24, 2.45) is 5.41 Å². The molecule has 100 valence electrons. The molecule has 0 aromatic carbocycles. The quantitative estimate of drug-likeness (QED) is 0.817. The SMILES string of the molecule is COC1CCCN(CC2(CO)CCCCC2)C1. The van der Waals surface area contributed by atoms with Crippen molar-refractivity contribution in [2.45, 2.75) is 51.0 Å². The lowest BCUT2D eigenvalue weighted by atomic mass is 9.74. The summed E-state index contributed by atoms with van der Waals surface area (Å²) in [5.41, 5.74) is 0.188. The molecule has 2 aliphatic rings. The molecule has 1 saturated carbocycles. The number of methoxy groups -OCH3 is 1. The van der Waals surface area contributed by atoms with Gasteiger partial charge >= 0.3 is 0 Å². The van der Waals surface area contributed by atoms with Gasteiger partial charge in [0, 0.05) is 32.2 Å². The van der Waals surface area contributed by atoms with Gasteiger partial charge in [-0.05, 0) is 32.2 Å². The molecule has 0 aromatic heterocycles. The van der Waals surface area contributed by atoms with Gasteiger partial charge in [-0.3, -0.25) is 0 Å². The van der Waals surface area contributed by atoms with E-state index in [2.05, 4.69) is 4.90 Å². The second-order valence-corrected chi connectivity index (χ2v) is 5.95. The molecule has 2 fully saturated rings. The minimum Gasteiger partial charge on any atom is -0.396 e. The molecule has 3 nitrogen and oxygen atoms in total. The molecule has 17 heavy (non-hydrogen) atoms. The molecule has 1 aliphatic heterocycles. The zero-order chi connectivity index (χ0) is 12.1. The van der Waals surface area contributed by atoms with E-state index in [1.165, 1.54) is 51.5 Å². The van der Waals surface area contributed by atoms with Crippen LogP contribution in [0.15, 0.2) is 0 Å². The van der Waals surface area contributed by atoms with Crippen LogP contribution in [0, 0.1) is 5.41 Å². The molecule has 0 aromatic rings. The normalized spacial score (nSPS) is 30.4. The molecule has 1 aliphatic carbocycles. The third kappa shape index (κ3) is 3.43. The summed E-state index contributed by atoms with van der Waals surface area (Å²) in [6.07, 6.45) is 9.18. The molecule has 3 heteroatoms. The predicted octanol–water partition coefficient (Wildman–Crippen LogP) is 2.04. The molecule has 1 N–H and O–H groups in total. The van der Waals surface area contributed by atoms with Crippen LogP contribution in [0.1, 0.15) is 44.9 Å². The standard InChI is InChI=1S/C14H27NO2/c1-17-13-6-5-9-15(10-13)11-14(12-16)7-3-2-4-8-14/h13,16H,2-12H2,1H3. The van der Waals surface area contributed by atoms with Crippen LogP contribution in [-0.2, 0) is 4.74 Å². The van der Waals surface area contributed by atoms with Crippen LogP contribution in [0.25, 0.3) is 0 Å². The summed E-state index contributed by atoms with van der Waals surface area (Å²) >= 11 is 0. The van der Waals surface area contributed by atoms with Crippen molar-refractivity contribution >= 4 is 0 Å². The van der Waals surface area contributed by atoms with E-state index < -0.39 is 0 Å². The molecule has 2 rings (SSSR count). The van der Waals surface area contributed by atoms with Gasteiger partial charge in [-0.25, -0.2) is 0 Å². The second kappa shape index (κ2) is 6.17. The second-order valence-electron chi connectivity index (χ2n) is 5.95. The predicted molar refractivity (Wildman–Crippen MR) is 69.1 cm³/mol. The van der Waals surface area contributed by atoms with E-state index in [-0.39, 0.29) is 5.41 Å². The van der Waals surface area contributed by atoms with Crippen LogP contribution in [0.5, 0.6) is 0 Å². The van der Waals surface area contributed by atoms with E-state index in [9.17, 15) is 5.11 Å². The third-order valence-electron chi connectivity index (χ3n) is 4.60. The van der Waals surface area contributed by atoms with Gasteiger partial charge in [0.2, 0.25) is 0 Å². The topological polar surface area (TPSA) is 32.7 Å². The first-order chi connectivity index (χ1) is 8.28. The Hall–Kier alpha value is -0.120. The van der Waals surface area contributed by atoms with Crippen molar-refractivity contribution in [3.63, 3.8) is 0 Å². The highest BCUT2D eigenvalue weighted by Gasteiger charge is 2.34. The Kier molecular flexibility index (Phi) is 4.83. The highest BCUT2D eigenvalue weighted by Crippen LogP contribution is 2.37. The first kappa shape index (κ1) is 13.3. The van der Waals surface area contributed by atoms with E-state index in [0.29, 0.717) is 12.7 Å². The van der Waals surface area contributed by atoms with Crippen molar-refractivity contribution < 1.29 is 9.84 Å². The molecule has 1 atom stereocenters. The Labute approximate surface area is 105 Å². The summed E-state index contributed by atoms with van der Waals surface area (Å²) in [4.78, 5) is 2.51. The smallest absolute Gasteiger partial charge is 0.0698 e. The van der Waals surface area contributed by atoms with Crippen molar-refractivity contribution in [3.8, 4) is 0 Å². The molecule has 1 unspecified atom stereocenters. The molecule has 0 bridgehead atoms. The lowest BCUT2D eigenvalue weighted by Crippen LogP contribution is -2.47. The number of aliphatic hydroxyl groups is 1. The molecule has 1 heterocycles. The van der Waals surface area contributed by atoms with Gasteiger partial charge in [0.1, 0.15) is 0 Å².